The first-order valence-corrected chi connectivity index (χ1v) is 8.75. The molecule has 3 nitrogen and oxygen atoms in total. The fourth-order valence-corrected chi connectivity index (χ4v) is 3.28. The van der Waals surface area contributed by atoms with Crippen LogP contribution < -0.4 is 5.32 Å². The molecule has 2 unspecified atom stereocenters. The van der Waals surface area contributed by atoms with Crippen LogP contribution in [0.5, 0.6) is 0 Å². The number of hydrogen-bond donors (Lipinski definition) is 1. The van der Waals surface area contributed by atoms with Gasteiger partial charge in [0.05, 0.1) is 6.61 Å². The fourth-order valence-electron chi connectivity index (χ4n) is 3.28. The minimum absolute atomic E-state index is 0.708. The first-order chi connectivity index (χ1) is 9.70. The van der Waals surface area contributed by atoms with Crippen molar-refractivity contribution < 1.29 is 4.74 Å². The molecule has 1 heterocycles. The lowest BCUT2D eigenvalue weighted by atomic mass is 9.98. The molecule has 0 aromatic rings. The van der Waals surface area contributed by atoms with E-state index in [0.29, 0.717) is 6.04 Å². The maximum atomic E-state index is 5.78. The molecule has 3 heteroatoms. The first kappa shape index (κ1) is 16.3. The molecule has 2 atom stereocenters. The molecule has 0 aromatic heterocycles. The maximum Gasteiger partial charge on any atom is 0.0593 e. The molecule has 0 amide bonds. The Labute approximate surface area is 125 Å². The average Bonchev–Trinajstić information content (AvgIpc) is 3.24. The third-order valence-electron chi connectivity index (χ3n) is 4.66. The van der Waals surface area contributed by atoms with Crippen LogP contribution in [0, 0.1) is 11.8 Å². The summed E-state index contributed by atoms with van der Waals surface area (Å²) in [5.74, 6) is 1.74. The van der Waals surface area contributed by atoms with Crippen molar-refractivity contribution in [2.24, 2.45) is 11.8 Å². The topological polar surface area (TPSA) is 24.5 Å². The van der Waals surface area contributed by atoms with Gasteiger partial charge < -0.3 is 10.1 Å². The van der Waals surface area contributed by atoms with E-state index in [0.717, 1.165) is 37.6 Å². The molecule has 2 fully saturated rings. The molecule has 20 heavy (non-hydrogen) atoms. The molecular weight excluding hydrogens is 248 g/mol. The predicted octanol–water partition coefficient (Wildman–Crippen LogP) is 2.90. The van der Waals surface area contributed by atoms with Crippen LogP contribution in [0.1, 0.15) is 52.9 Å². The SMILES string of the molecule is CCCCOCCN1CC(C2CC2)NCC1CC(C)C. The summed E-state index contributed by atoms with van der Waals surface area (Å²) in [5, 5.41) is 3.79. The van der Waals surface area contributed by atoms with Crippen LogP contribution in [0.15, 0.2) is 0 Å². The minimum atomic E-state index is 0.708. The minimum Gasteiger partial charge on any atom is -0.380 e. The average molecular weight is 282 g/mol. The molecule has 2 rings (SSSR count). The van der Waals surface area contributed by atoms with Crippen molar-refractivity contribution >= 4 is 0 Å². The van der Waals surface area contributed by atoms with Crippen LogP contribution in [-0.4, -0.2) is 49.8 Å². The Morgan fingerprint density at radius 1 is 1.25 bits per heavy atom. The second-order valence-electron chi connectivity index (χ2n) is 7.10. The molecule has 1 N–H and O–H groups in total. The van der Waals surface area contributed by atoms with E-state index in [2.05, 4.69) is 31.0 Å². The Morgan fingerprint density at radius 3 is 2.70 bits per heavy atom. The number of ether oxygens (including phenoxy) is 1. The van der Waals surface area contributed by atoms with Gasteiger partial charge in [-0.1, -0.05) is 27.2 Å². The number of unbranched alkanes of at least 4 members (excludes halogenated alkanes) is 1. The van der Waals surface area contributed by atoms with Crippen LogP contribution in [0.2, 0.25) is 0 Å². The second-order valence-corrected chi connectivity index (χ2v) is 7.10. The molecule has 118 valence electrons. The second kappa shape index (κ2) is 8.35. The molecule has 0 radical (unpaired) electrons. The third kappa shape index (κ3) is 5.34. The van der Waals surface area contributed by atoms with Gasteiger partial charge in [0.25, 0.3) is 0 Å². The van der Waals surface area contributed by atoms with Gasteiger partial charge in [-0.05, 0) is 37.5 Å². The highest BCUT2D eigenvalue weighted by molar-refractivity contribution is 4.94. The summed E-state index contributed by atoms with van der Waals surface area (Å²) in [6.07, 6.45) is 6.61. The summed E-state index contributed by atoms with van der Waals surface area (Å²) in [4.78, 5) is 2.70. The third-order valence-corrected chi connectivity index (χ3v) is 4.66. The van der Waals surface area contributed by atoms with Crippen molar-refractivity contribution in [3.8, 4) is 0 Å². The maximum absolute atomic E-state index is 5.78. The molecule has 0 aromatic carbocycles. The van der Waals surface area contributed by atoms with Crippen molar-refractivity contribution in [2.45, 2.75) is 65.0 Å². The first-order valence-electron chi connectivity index (χ1n) is 8.75. The van der Waals surface area contributed by atoms with Gasteiger partial charge in [0.1, 0.15) is 0 Å². The summed E-state index contributed by atoms with van der Waals surface area (Å²) in [7, 11) is 0. The number of piperazine rings is 1. The summed E-state index contributed by atoms with van der Waals surface area (Å²) in [5.41, 5.74) is 0. The lowest BCUT2D eigenvalue weighted by Gasteiger charge is -2.41. The lowest BCUT2D eigenvalue weighted by Crippen LogP contribution is -2.58. The Bertz CT molecular complexity index is 266. The standard InChI is InChI=1S/C17H34N2O/c1-4-5-9-20-10-8-19-13-17(15-6-7-15)18-12-16(19)11-14(2)3/h14-18H,4-13H2,1-3H3. The van der Waals surface area contributed by atoms with Crippen molar-refractivity contribution in [3.05, 3.63) is 0 Å². The molecule has 1 saturated heterocycles. The largest absolute Gasteiger partial charge is 0.380 e. The Hall–Kier alpha value is -0.120. The quantitative estimate of drug-likeness (QED) is 0.658. The van der Waals surface area contributed by atoms with Crippen LogP contribution in [0.4, 0.5) is 0 Å². The van der Waals surface area contributed by atoms with E-state index in [1.807, 2.05) is 0 Å². The van der Waals surface area contributed by atoms with Gasteiger partial charge >= 0.3 is 0 Å². The van der Waals surface area contributed by atoms with E-state index in [1.165, 1.54) is 45.2 Å². The highest BCUT2D eigenvalue weighted by Gasteiger charge is 2.36. The number of nitrogens with zero attached hydrogens (tertiary/aromatic N) is 1. The van der Waals surface area contributed by atoms with Crippen molar-refractivity contribution in [3.63, 3.8) is 0 Å². The monoisotopic (exact) mass is 282 g/mol. The number of nitrogens with one attached hydrogen (secondary N) is 1. The summed E-state index contributed by atoms with van der Waals surface area (Å²) in [6, 6.07) is 1.45. The van der Waals surface area contributed by atoms with E-state index in [9.17, 15) is 0 Å². The predicted molar refractivity (Wildman–Crippen MR) is 85.1 cm³/mol. The zero-order valence-corrected chi connectivity index (χ0v) is 13.7. The lowest BCUT2D eigenvalue weighted by molar-refractivity contribution is 0.0548. The molecule has 2 aliphatic rings. The van der Waals surface area contributed by atoms with Gasteiger partial charge in [0.15, 0.2) is 0 Å². The Morgan fingerprint density at radius 2 is 2.05 bits per heavy atom. The molecular formula is C17H34N2O. The van der Waals surface area contributed by atoms with Crippen molar-refractivity contribution in [1.29, 1.82) is 0 Å². The van der Waals surface area contributed by atoms with Gasteiger partial charge in [-0.15, -0.1) is 0 Å². The zero-order valence-electron chi connectivity index (χ0n) is 13.7. The van der Waals surface area contributed by atoms with E-state index < -0.39 is 0 Å². The van der Waals surface area contributed by atoms with E-state index in [4.69, 9.17) is 4.74 Å². The van der Waals surface area contributed by atoms with Gasteiger partial charge in [-0.2, -0.15) is 0 Å². The van der Waals surface area contributed by atoms with E-state index in [-0.39, 0.29) is 0 Å². The van der Waals surface area contributed by atoms with Gasteiger partial charge in [-0.3, -0.25) is 4.90 Å². The summed E-state index contributed by atoms with van der Waals surface area (Å²) >= 11 is 0. The Kier molecular flexibility index (Phi) is 6.79. The zero-order chi connectivity index (χ0) is 14.4. The van der Waals surface area contributed by atoms with Crippen LogP contribution >= 0.6 is 0 Å². The summed E-state index contributed by atoms with van der Waals surface area (Å²) < 4.78 is 5.78. The van der Waals surface area contributed by atoms with E-state index >= 15 is 0 Å². The molecule has 1 aliphatic heterocycles. The van der Waals surface area contributed by atoms with Crippen molar-refractivity contribution in [1.82, 2.24) is 10.2 Å². The molecule has 0 bridgehead atoms. The normalized spacial score (nSPS) is 28.2. The molecule has 1 aliphatic carbocycles. The highest BCUT2D eigenvalue weighted by Crippen LogP contribution is 2.34. The van der Waals surface area contributed by atoms with Crippen LogP contribution in [0.3, 0.4) is 0 Å². The van der Waals surface area contributed by atoms with Crippen LogP contribution in [0.25, 0.3) is 0 Å². The van der Waals surface area contributed by atoms with Gasteiger partial charge in [0.2, 0.25) is 0 Å². The summed E-state index contributed by atoms with van der Waals surface area (Å²) in [6.45, 7) is 12.3. The van der Waals surface area contributed by atoms with Gasteiger partial charge in [-0.25, -0.2) is 0 Å². The Balaban J connectivity index is 1.74. The number of hydrogen-bond acceptors (Lipinski definition) is 3. The molecule has 0 spiro atoms. The van der Waals surface area contributed by atoms with E-state index in [1.54, 1.807) is 0 Å². The number of rotatable bonds is 9. The van der Waals surface area contributed by atoms with Crippen LogP contribution in [-0.2, 0) is 4.74 Å². The highest BCUT2D eigenvalue weighted by atomic mass is 16.5. The molecule has 1 saturated carbocycles. The fraction of sp³-hybridized carbons (Fsp3) is 1.00. The van der Waals surface area contributed by atoms with Gasteiger partial charge in [0, 0.05) is 38.3 Å². The van der Waals surface area contributed by atoms with Crippen molar-refractivity contribution in [2.75, 3.05) is 32.8 Å². The smallest absolute Gasteiger partial charge is 0.0593 e.